The van der Waals surface area contributed by atoms with Gasteiger partial charge in [-0.2, -0.15) is 0 Å². The number of rotatable bonds is 2. The van der Waals surface area contributed by atoms with Crippen LogP contribution in [0.2, 0.25) is 0 Å². The fraction of sp³-hybridized carbons (Fsp3) is 0.200. The van der Waals surface area contributed by atoms with Crippen LogP contribution in [0.15, 0.2) is 60.7 Å². The van der Waals surface area contributed by atoms with Gasteiger partial charge in [0.2, 0.25) is 0 Å². The van der Waals surface area contributed by atoms with E-state index in [2.05, 4.69) is 79.8 Å². The van der Waals surface area contributed by atoms with Gasteiger partial charge in [0.05, 0.1) is 40.9 Å². The quantitative estimate of drug-likeness (QED) is 0.256. The lowest BCUT2D eigenvalue weighted by atomic mass is 9.86. The molecular weight excluding hydrogens is 438 g/mol. The summed E-state index contributed by atoms with van der Waals surface area (Å²) in [7, 11) is 3.49. The maximum atomic E-state index is 5.89. The second kappa shape index (κ2) is 6.55. The monoisotopic (exact) mass is 463 g/mol. The lowest BCUT2D eigenvalue weighted by Gasteiger charge is -2.18. The molecule has 0 radical (unpaired) electrons. The van der Waals surface area contributed by atoms with Crippen LogP contribution < -0.4 is 9.47 Å². The largest absolute Gasteiger partial charge is 0.497 e. The van der Waals surface area contributed by atoms with Crippen molar-refractivity contribution < 1.29 is 9.47 Å². The van der Waals surface area contributed by atoms with Crippen LogP contribution in [-0.2, 0) is 5.41 Å². The Morgan fingerprint density at radius 3 is 2.35 bits per heavy atom. The number of benzene rings is 4. The Hall–Kier alpha value is -3.50. The smallest absolute Gasteiger partial charge is 0.129 e. The lowest BCUT2D eigenvalue weighted by Crippen LogP contribution is -2.10. The van der Waals surface area contributed by atoms with Gasteiger partial charge in [0.25, 0.3) is 0 Å². The molecule has 0 N–H and O–H groups in total. The highest BCUT2D eigenvalue weighted by molar-refractivity contribution is 7.26. The predicted octanol–water partition coefficient (Wildman–Crippen LogP) is 8.52. The molecule has 34 heavy (non-hydrogen) atoms. The van der Waals surface area contributed by atoms with Crippen molar-refractivity contribution in [3.05, 3.63) is 66.2 Å². The van der Waals surface area contributed by atoms with E-state index in [1.54, 1.807) is 14.2 Å². The number of nitrogens with zero attached hydrogens (tertiary/aromatic N) is 1. The minimum atomic E-state index is 0.0903. The average Bonchev–Trinajstić information content (AvgIpc) is 3.46. The molecule has 0 amide bonds. The molecule has 0 spiro atoms. The van der Waals surface area contributed by atoms with Crippen LogP contribution in [-0.4, -0.2) is 18.6 Å². The summed E-state index contributed by atoms with van der Waals surface area (Å²) in [6.07, 6.45) is 0. The highest BCUT2D eigenvalue weighted by Crippen LogP contribution is 2.49. The number of hydrogen-bond acceptors (Lipinski definition) is 3. The van der Waals surface area contributed by atoms with Gasteiger partial charge in [0.1, 0.15) is 11.5 Å². The van der Waals surface area contributed by atoms with E-state index in [-0.39, 0.29) is 5.41 Å². The first-order valence-electron chi connectivity index (χ1n) is 11.6. The van der Waals surface area contributed by atoms with Gasteiger partial charge in [-0.3, -0.25) is 0 Å². The van der Waals surface area contributed by atoms with Crippen LogP contribution in [0.4, 0.5) is 0 Å². The molecule has 0 aliphatic carbocycles. The molecule has 0 aliphatic rings. The average molecular weight is 464 g/mol. The summed E-state index contributed by atoms with van der Waals surface area (Å²) in [4.78, 5) is 0. The number of methoxy groups -OCH3 is 2. The summed E-state index contributed by atoms with van der Waals surface area (Å²) in [5.41, 5.74) is 5.21. The fourth-order valence-corrected chi connectivity index (χ4v) is 6.72. The molecule has 0 aliphatic heterocycles. The van der Waals surface area contributed by atoms with E-state index in [0.29, 0.717) is 0 Å². The zero-order valence-corrected chi connectivity index (χ0v) is 20.8. The standard InChI is InChI=1S/C30H25NO2S/c1-30(2,3)18-7-11-25-22(15-18)28-29(34-25)26-24(33-5)10-9-20-21-13-16-6-8-19(32-4)12-17(16)14-23(21)31(28)27(20)26/h6-15H,1-5H3. The third-order valence-electron chi connectivity index (χ3n) is 7.25. The number of hydrogen-bond donors (Lipinski definition) is 0. The van der Waals surface area contributed by atoms with E-state index in [1.165, 1.54) is 63.8 Å². The summed E-state index contributed by atoms with van der Waals surface area (Å²) in [6.45, 7) is 6.84. The Kier molecular flexibility index (Phi) is 3.84. The first-order valence-corrected chi connectivity index (χ1v) is 12.4. The van der Waals surface area contributed by atoms with Crippen LogP contribution in [0.3, 0.4) is 0 Å². The Labute approximate surface area is 201 Å². The van der Waals surface area contributed by atoms with Crippen molar-refractivity contribution in [3.8, 4) is 11.5 Å². The molecular formula is C30H25NO2S. The molecule has 0 saturated heterocycles. The maximum Gasteiger partial charge on any atom is 0.129 e. The van der Waals surface area contributed by atoms with Crippen molar-refractivity contribution in [2.75, 3.05) is 14.2 Å². The van der Waals surface area contributed by atoms with Gasteiger partial charge >= 0.3 is 0 Å². The second-order valence-electron chi connectivity index (χ2n) is 10.2. The van der Waals surface area contributed by atoms with E-state index in [4.69, 9.17) is 9.47 Å². The molecule has 0 bridgehead atoms. The number of ether oxygens (including phenoxy) is 2. The van der Waals surface area contributed by atoms with E-state index in [1.807, 2.05) is 17.4 Å². The van der Waals surface area contributed by atoms with Gasteiger partial charge in [-0.1, -0.05) is 32.9 Å². The molecule has 7 aromatic rings. The minimum absolute atomic E-state index is 0.0903. The molecule has 4 aromatic carbocycles. The highest BCUT2D eigenvalue weighted by Gasteiger charge is 2.25. The first kappa shape index (κ1) is 19.9. The summed E-state index contributed by atoms with van der Waals surface area (Å²) in [6, 6.07) is 22.2. The Bertz CT molecular complexity index is 1920. The van der Waals surface area contributed by atoms with Crippen LogP contribution in [0.5, 0.6) is 11.5 Å². The van der Waals surface area contributed by atoms with Crippen molar-refractivity contribution in [1.82, 2.24) is 4.40 Å². The zero-order chi connectivity index (χ0) is 23.4. The number of thiophene rings is 1. The number of aromatic nitrogens is 1. The van der Waals surface area contributed by atoms with Crippen LogP contribution in [0, 0.1) is 0 Å². The molecule has 0 saturated carbocycles. The maximum absolute atomic E-state index is 5.89. The van der Waals surface area contributed by atoms with E-state index < -0.39 is 0 Å². The minimum Gasteiger partial charge on any atom is -0.497 e. The second-order valence-corrected chi connectivity index (χ2v) is 11.2. The summed E-state index contributed by atoms with van der Waals surface area (Å²) in [5.74, 6) is 1.81. The first-order chi connectivity index (χ1) is 16.4. The lowest BCUT2D eigenvalue weighted by molar-refractivity contribution is 0.415. The van der Waals surface area contributed by atoms with Crippen LogP contribution in [0.25, 0.3) is 58.3 Å². The van der Waals surface area contributed by atoms with Crippen molar-refractivity contribution in [2.45, 2.75) is 26.2 Å². The fourth-order valence-electron chi connectivity index (χ4n) is 5.50. The van der Waals surface area contributed by atoms with Gasteiger partial charge in [0.15, 0.2) is 0 Å². The predicted molar refractivity (Wildman–Crippen MR) is 146 cm³/mol. The van der Waals surface area contributed by atoms with Crippen molar-refractivity contribution in [1.29, 1.82) is 0 Å². The molecule has 3 heterocycles. The zero-order valence-electron chi connectivity index (χ0n) is 19.9. The summed E-state index contributed by atoms with van der Waals surface area (Å²) in [5, 5.41) is 7.47. The molecule has 4 heteroatoms. The van der Waals surface area contributed by atoms with Gasteiger partial charge in [-0.05, 0) is 70.3 Å². The van der Waals surface area contributed by atoms with Crippen molar-refractivity contribution in [3.63, 3.8) is 0 Å². The van der Waals surface area contributed by atoms with Gasteiger partial charge in [-0.15, -0.1) is 11.3 Å². The molecule has 3 nitrogen and oxygen atoms in total. The van der Waals surface area contributed by atoms with Crippen LogP contribution in [0.1, 0.15) is 26.3 Å². The van der Waals surface area contributed by atoms with Crippen LogP contribution >= 0.6 is 11.3 Å². The van der Waals surface area contributed by atoms with Gasteiger partial charge < -0.3 is 13.9 Å². The molecule has 168 valence electrons. The highest BCUT2D eigenvalue weighted by atomic mass is 32.1. The third-order valence-corrected chi connectivity index (χ3v) is 8.43. The van der Waals surface area contributed by atoms with Crippen molar-refractivity contribution in [2.24, 2.45) is 0 Å². The van der Waals surface area contributed by atoms with E-state index in [9.17, 15) is 0 Å². The van der Waals surface area contributed by atoms with E-state index in [0.717, 1.165) is 11.5 Å². The number of fused-ring (bicyclic) bond motifs is 9. The summed E-state index contributed by atoms with van der Waals surface area (Å²) < 4.78 is 16.5. The Morgan fingerprint density at radius 1 is 0.735 bits per heavy atom. The molecule has 0 fully saturated rings. The SMILES string of the molecule is COc1ccc2cc3c4ccc(OC)c5c6sc7ccc(C(C)(C)C)cc7c6n(c3cc2c1)c45. The van der Waals surface area contributed by atoms with E-state index >= 15 is 0 Å². The Morgan fingerprint density at radius 2 is 1.59 bits per heavy atom. The summed E-state index contributed by atoms with van der Waals surface area (Å²) >= 11 is 1.87. The Balaban J connectivity index is 1.75. The van der Waals surface area contributed by atoms with Gasteiger partial charge in [-0.25, -0.2) is 0 Å². The molecule has 7 rings (SSSR count). The van der Waals surface area contributed by atoms with Gasteiger partial charge in [0, 0.05) is 20.9 Å². The topological polar surface area (TPSA) is 22.9 Å². The normalized spacial score (nSPS) is 12.9. The molecule has 3 aromatic heterocycles. The van der Waals surface area contributed by atoms with Crippen molar-refractivity contribution >= 4 is 69.6 Å². The molecule has 0 atom stereocenters. The molecule has 0 unspecified atom stereocenters. The third kappa shape index (κ3) is 2.47.